The van der Waals surface area contributed by atoms with Gasteiger partial charge in [-0.05, 0) is 12.8 Å². The molecule has 1 fully saturated rings. The second-order valence-electron chi connectivity index (χ2n) is 4.07. The number of nitrogen functional groups attached to an aromatic ring is 1. The molecule has 0 bridgehead atoms. The van der Waals surface area contributed by atoms with E-state index in [0.717, 1.165) is 31.6 Å². The second kappa shape index (κ2) is 4.80. The van der Waals surface area contributed by atoms with Crippen LogP contribution in [0.1, 0.15) is 18.5 Å². The molecule has 88 valence electrons. The molecule has 2 heterocycles. The summed E-state index contributed by atoms with van der Waals surface area (Å²) in [6.45, 7) is 1.53. The van der Waals surface area contributed by atoms with Crippen LogP contribution in [-0.2, 0) is 11.2 Å². The zero-order valence-electron chi connectivity index (χ0n) is 9.06. The van der Waals surface area contributed by atoms with Gasteiger partial charge in [-0.15, -0.1) is 11.3 Å². The first kappa shape index (κ1) is 11.3. The van der Waals surface area contributed by atoms with E-state index in [9.17, 15) is 4.79 Å². The molecule has 1 aromatic heterocycles. The highest BCUT2D eigenvalue weighted by Gasteiger charge is 2.21. The van der Waals surface area contributed by atoms with Crippen molar-refractivity contribution in [3.8, 4) is 0 Å². The van der Waals surface area contributed by atoms with Gasteiger partial charge in [0.15, 0.2) is 5.13 Å². The lowest BCUT2D eigenvalue weighted by molar-refractivity contribution is -0.131. The molecule has 4 N–H and O–H groups in total. The fourth-order valence-corrected chi connectivity index (χ4v) is 2.38. The number of carbonyl (C=O) groups is 1. The van der Waals surface area contributed by atoms with Crippen LogP contribution in [0.15, 0.2) is 5.38 Å². The first-order chi connectivity index (χ1) is 7.65. The monoisotopic (exact) mass is 240 g/mol. The lowest BCUT2D eigenvalue weighted by Gasteiger charge is -2.30. The van der Waals surface area contributed by atoms with Crippen LogP contribution in [0.4, 0.5) is 5.13 Å². The predicted molar refractivity (Wildman–Crippen MR) is 64.0 cm³/mol. The van der Waals surface area contributed by atoms with Crippen molar-refractivity contribution in [1.82, 2.24) is 9.88 Å². The number of likely N-dealkylation sites (tertiary alicyclic amines) is 1. The van der Waals surface area contributed by atoms with Gasteiger partial charge in [0.05, 0.1) is 12.1 Å². The molecule has 16 heavy (non-hydrogen) atoms. The molecule has 0 saturated carbocycles. The summed E-state index contributed by atoms with van der Waals surface area (Å²) in [5, 5.41) is 2.35. The normalized spacial score (nSPS) is 17.7. The molecule has 0 aromatic carbocycles. The molecule has 2 rings (SSSR count). The van der Waals surface area contributed by atoms with Crippen LogP contribution in [0.5, 0.6) is 0 Å². The Morgan fingerprint density at radius 1 is 1.56 bits per heavy atom. The highest BCUT2D eigenvalue weighted by atomic mass is 32.1. The van der Waals surface area contributed by atoms with Crippen molar-refractivity contribution in [3.63, 3.8) is 0 Å². The van der Waals surface area contributed by atoms with Gasteiger partial charge in [0, 0.05) is 24.5 Å². The molecular weight excluding hydrogens is 224 g/mol. The SMILES string of the molecule is Nc1nc(CC(=O)N2CCC(N)CC2)cs1. The van der Waals surface area contributed by atoms with Gasteiger partial charge in [0.2, 0.25) is 5.91 Å². The minimum atomic E-state index is 0.122. The fraction of sp³-hybridized carbons (Fsp3) is 0.600. The van der Waals surface area contributed by atoms with Gasteiger partial charge >= 0.3 is 0 Å². The lowest BCUT2D eigenvalue weighted by atomic mass is 10.1. The number of thiazole rings is 1. The first-order valence-electron chi connectivity index (χ1n) is 5.38. The van der Waals surface area contributed by atoms with Crippen molar-refractivity contribution in [2.75, 3.05) is 18.8 Å². The van der Waals surface area contributed by atoms with E-state index in [1.54, 1.807) is 0 Å². The Morgan fingerprint density at radius 3 is 2.81 bits per heavy atom. The van der Waals surface area contributed by atoms with Gasteiger partial charge in [0.25, 0.3) is 0 Å². The molecule has 6 heteroatoms. The first-order valence-corrected chi connectivity index (χ1v) is 6.26. The number of rotatable bonds is 2. The largest absolute Gasteiger partial charge is 0.375 e. The number of amides is 1. The number of nitrogens with zero attached hydrogens (tertiary/aromatic N) is 2. The third kappa shape index (κ3) is 2.70. The Morgan fingerprint density at radius 2 is 2.25 bits per heavy atom. The summed E-state index contributed by atoms with van der Waals surface area (Å²) in [6.07, 6.45) is 2.14. The Kier molecular flexibility index (Phi) is 3.40. The maximum absolute atomic E-state index is 11.9. The number of piperidine rings is 1. The molecule has 0 atom stereocenters. The van der Waals surface area contributed by atoms with E-state index >= 15 is 0 Å². The van der Waals surface area contributed by atoms with Crippen molar-refractivity contribution in [3.05, 3.63) is 11.1 Å². The number of anilines is 1. The van der Waals surface area contributed by atoms with Gasteiger partial charge in [-0.2, -0.15) is 0 Å². The lowest BCUT2D eigenvalue weighted by Crippen LogP contribution is -2.43. The van der Waals surface area contributed by atoms with Crippen molar-refractivity contribution >= 4 is 22.4 Å². The predicted octanol–water partition coefficient (Wildman–Crippen LogP) is 0.217. The van der Waals surface area contributed by atoms with E-state index in [2.05, 4.69) is 4.98 Å². The standard InChI is InChI=1S/C10H16N4OS/c11-7-1-3-14(4-2-7)9(15)5-8-6-16-10(12)13-8/h6-7H,1-5,11H2,(H2,12,13). The molecule has 0 radical (unpaired) electrons. The minimum Gasteiger partial charge on any atom is -0.375 e. The quantitative estimate of drug-likeness (QED) is 0.774. The summed E-state index contributed by atoms with van der Waals surface area (Å²) in [4.78, 5) is 17.8. The molecule has 0 unspecified atom stereocenters. The molecule has 0 aliphatic carbocycles. The average molecular weight is 240 g/mol. The van der Waals surface area contributed by atoms with Crippen LogP contribution < -0.4 is 11.5 Å². The zero-order valence-corrected chi connectivity index (χ0v) is 9.87. The molecule has 1 aliphatic heterocycles. The van der Waals surface area contributed by atoms with Crippen LogP contribution >= 0.6 is 11.3 Å². The van der Waals surface area contributed by atoms with Crippen LogP contribution in [-0.4, -0.2) is 34.9 Å². The van der Waals surface area contributed by atoms with Crippen molar-refractivity contribution in [2.45, 2.75) is 25.3 Å². The second-order valence-corrected chi connectivity index (χ2v) is 4.96. The molecular formula is C10H16N4OS. The number of nitrogens with two attached hydrogens (primary N) is 2. The number of hydrogen-bond acceptors (Lipinski definition) is 5. The molecule has 1 amide bonds. The maximum atomic E-state index is 11.9. The van der Waals surface area contributed by atoms with Gasteiger partial charge in [-0.1, -0.05) is 0 Å². The number of aromatic nitrogens is 1. The summed E-state index contributed by atoms with van der Waals surface area (Å²) in [7, 11) is 0. The smallest absolute Gasteiger partial charge is 0.228 e. The molecule has 5 nitrogen and oxygen atoms in total. The zero-order chi connectivity index (χ0) is 11.5. The van der Waals surface area contributed by atoms with E-state index in [-0.39, 0.29) is 11.9 Å². The van der Waals surface area contributed by atoms with Crippen molar-refractivity contribution in [1.29, 1.82) is 0 Å². The van der Waals surface area contributed by atoms with Crippen LogP contribution in [0, 0.1) is 0 Å². The number of hydrogen-bond donors (Lipinski definition) is 2. The van der Waals surface area contributed by atoms with Gasteiger partial charge < -0.3 is 16.4 Å². The highest BCUT2D eigenvalue weighted by molar-refractivity contribution is 7.13. The maximum Gasteiger partial charge on any atom is 0.228 e. The summed E-state index contributed by atoms with van der Waals surface area (Å²) in [6, 6.07) is 0.249. The minimum absolute atomic E-state index is 0.122. The Labute approximate surface area is 98.4 Å². The summed E-state index contributed by atoms with van der Waals surface area (Å²) in [5.41, 5.74) is 12.1. The molecule has 0 spiro atoms. The van der Waals surface area contributed by atoms with Crippen LogP contribution in [0.25, 0.3) is 0 Å². The third-order valence-corrected chi connectivity index (χ3v) is 3.52. The van der Waals surface area contributed by atoms with Gasteiger partial charge in [0.1, 0.15) is 0 Å². The van der Waals surface area contributed by atoms with E-state index in [1.165, 1.54) is 11.3 Å². The van der Waals surface area contributed by atoms with Gasteiger partial charge in [-0.3, -0.25) is 4.79 Å². The van der Waals surface area contributed by atoms with E-state index in [1.807, 2.05) is 10.3 Å². The van der Waals surface area contributed by atoms with Crippen LogP contribution in [0.2, 0.25) is 0 Å². The third-order valence-electron chi connectivity index (χ3n) is 2.79. The topological polar surface area (TPSA) is 85.2 Å². The molecule has 1 saturated heterocycles. The van der Waals surface area contributed by atoms with Crippen LogP contribution in [0.3, 0.4) is 0 Å². The molecule has 1 aromatic rings. The number of carbonyl (C=O) groups excluding carboxylic acids is 1. The average Bonchev–Trinajstić information content (AvgIpc) is 2.65. The Balaban J connectivity index is 1.88. The highest BCUT2D eigenvalue weighted by Crippen LogP contribution is 2.14. The van der Waals surface area contributed by atoms with Gasteiger partial charge in [-0.25, -0.2) is 4.98 Å². The summed E-state index contributed by atoms with van der Waals surface area (Å²) >= 11 is 1.37. The van der Waals surface area contributed by atoms with E-state index in [4.69, 9.17) is 11.5 Å². The fourth-order valence-electron chi connectivity index (χ4n) is 1.82. The Bertz CT molecular complexity index is 371. The summed E-state index contributed by atoms with van der Waals surface area (Å²) < 4.78 is 0. The van der Waals surface area contributed by atoms with Crippen molar-refractivity contribution in [2.24, 2.45) is 5.73 Å². The Hall–Kier alpha value is -1.14. The molecule has 1 aliphatic rings. The van der Waals surface area contributed by atoms with E-state index in [0.29, 0.717) is 11.6 Å². The summed E-state index contributed by atoms with van der Waals surface area (Å²) in [5.74, 6) is 0.122. The van der Waals surface area contributed by atoms with E-state index < -0.39 is 0 Å². The van der Waals surface area contributed by atoms with Crippen molar-refractivity contribution < 1.29 is 4.79 Å².